The van der Waals surface area contributed by atoms with Crippen LogP contribution >= 0.6 is 0 Å². The van der Waals surface area contributed by atoms with Crippen LogP contribution in [0.15, 0.2) is 103 Å². The maximum absolute atomic E-state index is 15.0. The van der Waals surface area contributed by atoms with Crippen LogP contribution in [0.3, 0.4) is 0 Å². The van der Waals surface area contributed by atoms with Gasteiger partial charge < -0.3 is 9.80 Å². The van der Waals surface area contributed by atoms with Gasteiger partial charge in [0.05, 0.1) is 5.56 Å². The average molecular weight is 657 g/mol. The summed E-state index contributed by atoms with van der Waals surface area (Å²) < 4.78 is 45.0. The molecule has 5 aromatic rings. The first kappa shape index (κ1) is 33.1. The Kier molecular flexibility index (Phi) is 7.45. The van der Waals surface area contributed by atoms with Gasteiger partial charge in [0.15, 0.2) is 0 Å². The number of nitrogens with zero attached hydrogens (tertiary/aromatic N) is 2. The van der Waals surface area contributed by atoms with Gasteiger partial charge >= 0.3 is 6.18 Å². The second-order valence-electron chi connectivity index (χ2n) is 16.7. The van der Waals surface area contributed by atoms with Crippen molar-refractivity contribution in [2.45, 2.75) is 84.7 Å². The molecule has 250 valence electrons. The normalized spacial score (nSPS) is 14.4. The highest BCUT2D eigenvalue weighted by Gasteiger charge is 2.45. The fraction of sp³-hybridized carbons (Fsp3) is 0.302. The first-order valence-electron chi connectivity index (χ1n) is 17.1. The number of halogens is 3. The third-order valence-corrected chi connectivity index (χ3v) is 10.2. The Hall–Kier alpha value is -4.45. The van der Waals surface area contributed by atoms with Gasteiger partial charge in [0.1, 0.15) is 0 Å². The number of hydrogen-bond donors (Lipinski definition) is 0. The molecule has 0 atom stereocenters. The summed E-state index contributed by atoms with van der Waals surface area (Å²) >= 11 is 0. The Bertz CT molecular complexity index is 2060. The van der Waals surface area contributed by atoms with E-state index in [1.807, 2.05) is 35.2 Å². The van der Waals surface area contributed by atoms with E-state index in [4.69, 9.17) is 0 Å². The molecule has 0 saturated heterocycles. The van der Waals surface area contributed by atoms with Gasteiger partial charge in [-0.25, -0.2) is 0 Å². The summed E-state index contributed by atoms with van der Waals surface area (Å²) in [5.74, 6) is 0. The predicted octanol–water partition coefficient (Wildman–Crippen LogP) is 10.7. The van der Waals surface area contributed by atoms with E-state index in [9.17, 15) is 13.2 Å². The largest absolute Gasteiger partial charge is 0.416 e. The number of alkyl halides is 3. The van der Waals surface area contributed by atoms with Crippen molar-refractivity contribution in [2.24, 2.45) is 0 Å². The van der Waals surface area contributed by atoms with Gasteiger partial charge in [-0.15, -0.1) is 0 Å². The Labute approximate surface area is 289 Å². The quantitative estimate of drug-likeness (QED) is 0.171. The zero-order valence-corrected chi connectivity index (χ0v) is 29.9. The van der Waals surface area contributed by atoms with Crippen molar-refractivity contribution in [3.05, 3.63) is 125 Å². The fourth-order valence-corrected chi connectivity index (χ4v) is 7.35. The van der Waals surface area contributed by atoms with Crippen molar-refractivity contribution in [3.8, 4) is 0 Å². The molecule has 49 heavy (non-hydrogen) atoms. The number of benzene rings is 5. The second kappa shape index (κ2) is 11.0. The lowest BCUT2D eigenvalue weighted by molar-refractivity contribution is -0.137. The maximum Gasteiger partial charge on any atom is 0.416 e. The molecule has 0 amide bonds. The molecular formula is C43H44BF3N2. The van der Waals surface area contributed by atoms with Crippen LogP contribution in [0.5, 0.6) is 0 Å². The van der Waals surface area contributed by atoms with Gasteiger partial charge in [0.2, 0.25) is 0 Å². The van der Waals surface area contributed by atoms with Crippen molar-refractivity contribution >= 4 is 57.2 Å². The maximum atomic E-state index is 15.0. The standard InChI is InChI=1S/C43H44BF3N2/c1-40(2,3)27-14-19-31(20-15-27)48-35-13-11-10-12-33(35)44-34-23-18-29(42(7,8)9)24-36(34)49(32-21-16-28(17-22-32)41(4,5)6)38-26-30(43(45,46)47)25-37(48)39(38)44/h10-26H,1-9H3. The molecule has 2 aliphatic rings. The van der Waals surface area contributed by atoms with Crippen LogP contribution in [-0.4, -0.2) is 6.71 Å². The lowest BCUT2D eigenvalue weighted by Crippen LogP contribution is -2.61. The predicted molar refractivity (Wildman–Crippen MR) is 202 cm³/mol. The molecule has 0 fully saturated rings. The summed E-state index contributed by atoms with van der Waals surface area (Å²) in [6.07, 6.45) is -4.55. The Morgan fingerprint density at radius 2 is 0.837 bits per heavy atom. The number of hydrogen-bond acceptors (Lipinski definition) is 2. The molecule has 0 spiro atoms. The minimum absolute atomic E-state index is 0.0581. The highest BCUT2D eigenvalue weighted by atomic mass is 19.4. The molecule has 0 bridgehead atoms. The van der Waals surface area contributed by atoms with Crippen LogP contribution in [0.2, 0.25) is 0 Å². The molecule has 6 heteroatoms. The van der Waals surface area contributed by atoms with Gasteiger partial charge in [-0.1, -0.05) is 117 Å². The average Bonchev–Trinajstić information content (AvgIpc) is 3.02. The third-order valence-electron chi connectivity index (χ3n) is 10.2. The topological polar surface area (TPSA) is 6.48 Å². The van der Waals surface area contributed by atoms with E-state index in [0.717, 1.165) is 44.7 Å². The molecule has 0 aliphatic carbocycles. The van der Waals surface area contributed by atoms with Crippen molar-refractivity contribution in [1.82, 2.24) is 0 Å². The van der Waals surface area contributed by atoms with E-state index < -0.39 is 11.7 Å². The van der Waals surface area contributed by atoms with Gasteiger partial charge in [0, 0.05) is 34.1 Å². The van der Waals surface area contributed by atoms with Crippen molar-refractivity contribution < 1.29 is 13.2 Å². The minimum atomic E-state index is -4.55. The van der Waals surface area contributed by atoms with Crippen molar-refractivity contribution in [3.63, 3.8) is 0 Å². The Morgan fingerprint density at radius 3 is 1.31 bits per heavy atom. The van der Waals surface area contributed by atoms with Gasteiger partial charge in [-0.05, 0) is 97.9 Å². The SMILES string of the molecule is CC(C)(C)c1ccc(N2c3ccccc3B3c4ccc(C(C)(C)C)cc4N(c4ccc(C(C)(C)C)cc4)c4cc(C(F)(F)F)cc2c43)cc1. The highest BCUT2D eigenvalue weighted by molar-refractivity contribution is 7.00. The molecular weight excluding hydrogens is 612 g/mol. The van der Waals surface area contributed by atoms with Crippen LogP contribution in [0.25, 0.3) is 0 Å². The molecule has 5 aromatic carbocycles. The molecule has 0 unspecified atom stereocenters. The molecule has 0 N–H and O–H groups in total. The molecule has 2 aliphatic heterocycles. The van der Waals surface area contributed by atoms with Gasteiger partial charge in [0.25, 0.3) is 6.71 Å². The zero-order valence-electron chi connectivity index (χ0n) is 29.9. The molecule has 0 aromatic heterocycles. The van der Waals surface area contributed by atoms with E-state index in [1.165, 1.54) is 23.3 Å². The van der Waals surface area contributed by atoms with E-state index in [2.05, 4.69) is 128 Å². The third kappa shape index (κ3) is 5.63. The number of rotatable bonds is 2. The monoisotopic (exact) mass is 656 g/mol. The number of anilines is 6. The first-order chi connectivity index (χ1) is 22.8. The van der Waals surface area contributed by atoms with Gasteiger partial charge in [-0.3, -0.25) is 0 Å². The molecule has 0 saturated carbocycles. The molecule has 2 heterocycles. The summed E-state index contributed by atoms with van der Waals surface area (Å²) in [6.45, 7) is 19.3. The summed E-state index contributed by atoms with van der Waals surface area (Å²) in [5.41, 5.74) is 10.1. The van der Waals surface area contributed by atoms with E-state index in [1.54, 1.807) is 0 Å². The lowest BCUT2D eigenvalue weighted by atomic mass is 9.33. The molecule has 2 nitrogen and oxygen atoms in total. The zero-order chi connectivity index (χ0) is 35.3. The van der Waals surface area contributed by atoms with Gasteiger partial charge in [-0.2, -0.15) is 13.2 Å². The van der Waals surface area contributed by atoms with E-state index in [-0.39, 0.29) is 23.0 Å². The van der Waals surface area contributed by atoms with Crippen LogP contribution in [0.4, 0.5) is 47.3 Å². The highest BCUT2D eigenvalue weighted by Crippen LogP contribution is 2.47. The summed E-state index contributed by atoms with van der Waals surface area (Å²) in [6, 6.07) is 34.1. The van der Waals surface area contributed by atoms with Crippen molar-refractivity contribution in [2.75, 3.05) is 9.80 Å². The van der Waals surface area contributed by atoms with Crippen LogP contribution in [-0.2, 0) is 22.4 Å². The lowest BCUT2D eigenvalue weighted by Gasteiger charge is -2.45. The smallest absolute Gasteiger partial charge is 0.311 e. The van der Waals surface area contributed by atoms with E-state index >= 15 is 0 Å². The fourth-order valence-electron chi connectivity index (χ4n) is 7.35. The van der Waals surface area contributed by atoms with Crippen LogP contribution < -0.4 is 26.2 Å². The summed E-state index contributed by atoms with van der Waals surface area (Å²) in [5, 5.41) is 0. The number of para-hydroxylation sites is 1. The van der Waals surface area contributed by atoms with Crippen LogP contribution in [0.1, 0.15) is 84.6 Å². The van der Waals surface area contributed by atoms with Crippen molar-refractivity contribution in [1.29, 1.82) is 0 Å². The second-order valence-corrected chi connectivity index (χ2v) is 16.7. The first-order valence-corrected chi connectivity index (χ1v) is 17.1. The molecule has 0 radical (unpaired) electrons. The van der Waals surface area contributed by atoms with E-state index in [0.29, 0.717) is 11.4 Å². The Morgan fingerprint density at radius 1 is 0.429 bits per heavy atom. The van der Waals surface area contributed by atoms with Crippen LogP contribution in [0, 0.1) is 0 Å². The minimum Gasteiger partial charge on any atom is -0.311 e. The molecule has 7 rings (SSSR count). The number of fused-ring (bicyclic) bond motifs is 4. The summed E-state index contributed by atoms with van der Waals surface area (Å²) in [4.78, 5) is 4.10. The Balaban J connectivity index is 1.57. The summed E-state index contributed by atoms with van der Waals surface area (Å²) in [7, 11) is 0.